The molecular formula is C11H11FN2O2. The van der Waals surface area contributed by atoms with Gasteiger partial charge in [-0.2, -0.15) is 4.98 Å². The topological polar surface area (TPSA) is 48.2 Å². The summed E-state index contributed by atoms with van der Waals surface area (Å²) in [5.41, 5.74) is 0.777. The van der Waals surface area contributed by atoms with E-state index in [-0.39, 0.29) is 0 Å². The lowest BCUT2D eigenvalue weighted by atomic mass is 10.2. The molecule has 1 unspecified atom stereocenters. The lowest BCUT2D eigenvalue weighted by molar-refractivity contribution is 0.0861. The van der Waals surface area contributed by atoms with E-state index in [0.717, 1.165) is 5.56 Å². The minimum absolute atomic E-state index is 0.442. The average molecular weight is 222 g/mol. The van der Waals surface area contributed by atoms with Gasteiger partial charge in [-0.05, 0) is 31.2 Å². The Labute approximate surface area is 92.0 Å². The number of benzene rings is 1. The van der Waals surface area contributed by atoms with Crippen molar-refractivity contribution < 1.29 is 13.7 Å². The van der Waals surface area contributed by atoms with E-state index in [1.807, 2.05) is 0 Å². The molecule has 1 aromatic heterocycles. The van der Waals surface area contributed by atoms with Crippen LogP contribution < -0.4 is 4.74 Å². The van der Waals surface area contributed by atoms with Crippen molar-refractivity contribution in [3.05, 3.63) is 30.1 Å². The number of halogens is 1. The zero-order chi connectivity index (χ0) is 11.5. The SMILES string of the molecule is Cc1noc(-c2ccc(OC(C)F)cc2)n1. The zero-order valence-electron chi connectivity index (χ0n) is 8.98. The summed E-state index contributed by atoms with van der Waals surface area (Å²) in [4.78, 5) is 4.08. The van der Waals surface area contributed by atoms with E-state index in [4.69, 9.17) is 9.26 Å². The van der Waals surface area contributed by atoms with Gasteiger partial charge in [-0.3, -0.25) is 0 Å². The molecule has 0 aliphatic heterocycles. The van der Waals surface area contributed by atoms with Crippen LogP contribution in [0.4, 0.5) is 4.39 Å². The van der Waals surface area contributed by atoms with Crippen molar-refractivity contribution in [2.45, 2.75) is 20.2 Å². The Kier molecular flexibility index (Phi) is 2.85. The Balaban J connectivity index is 2.19. The Morgan fingerprint density at radius 1 is 1.31 bits per heavy atom. The first-order valence-electron chi connectivity index (χ1n) is 4.86. The van der Waals surface area contributed by atoms with Crippen molar-refractivity contribution in [3.63, 3.8) is 0 Å². The molecule has 0 N–H and O–H groups in total. The third-order valence-corrected chi connectivity index (χ3v) is 1.93. The molecule has 2 rings (SSSR count). The number of ether oxygens (including phenoxy) is 1. The molecule has 0 radical (unpaired) electrons. The second-order valence-corrected chi connectivity index (χ2v) is 3.33. The number of aryl methyl sites for hydroxylation is 1. The average Bonchev–Trinajstić information content (AvgIpc) is 2.65. The smallest absolute Gasteiger partial charge is 0.257 e. The molecule has 4 nitrogen and oxygen atoms in total. The van der Waals surface area contributed by atoms with E-state index in [1.165, 1.54) is 6.92 Å². The summed E-state index contributed by atoms with van der Waals surface area (Å²) in [6, 6.07) is 6.80. The molecule has 1 aromatic carbocycles. The molecule has 0 spiro atoms. The summed E-state index contributed by atoms with van der Waals surface area (Å²) >= 11 is 0. The maximum Gasteiger partial charge on any atom is 0.257 e. The molecule has 0 bridgehead atoms. The first kappa shape index (κ1) is 10.6. The monoisotopic (exact) mass is 222 g/mol. The van der Waals surface area contributed by atoms with Gasteiger partial charge in [-0.1, -0.05) is 5.16 Å². The van der Waals surface area contributed by atoms with Gasteiger partial charge >= 0.3 is 0 Å². The van der Waals surface area contributed by atoms with Crippen molar-refractivity contribution in [1.29, 1.82) is 0 Å². The quantitative estimate of drug-likeness (QED) is 0.801. The fourth-order valence-electron chi connectivity index (χ4n) is 1.28. The normalized spacial score (nSPS) is 12.4. The molecule has 16 heavy (non-hydrogen) atoms. The number of aromatic nitrogens is 2. The highest BCUT2D eigenvalue weighted by Crippen LogP contribution is 2.21. The Morgan fingerprint density at radius 3 is 2.50 bits per heavy atom. The van der Waals surface area contributed by atoms with Crippen molar-refractivity contribution in [2.24, 2.45) is 0 Å². The summed E-state index contributed by atoms with van der Waals surface area (Å²) < 4.78 is 22.4. The van der Waals surface area contributed by atoms with Crippen LogP contribution in [0, 0.1) is 6.92 Å². The van der Waals surface area contributed by atoms with Crippen molar-refractivity contribution in [2.75, 3.05) is 0 Å². The summed E-state index contributed by atoms with van der Waals surface area (Å²) in [6.45, 7) is 3.07. The van der Waals surface area contributed by atoms with Crippen LogP contribution in [0.1, 0.15) is 12.7 Å². The number of hydrogen-bond donors (Lipinski definition) is 0. The predicted molar refractivity (Wildman–Crippen MR) is 55.7 cm³/mol. The molecular weight excluding hydrogens is 211 g/mol. The first-order chi connectivity index (χ1) is 7.65. The van der Waals surface area contributed by atoms with Crippen LogP contribution in [0.3, 0.4) is 0 Å². The van der Waals surface area contributed by atoms with Crippen LogP contribution in [0.5, 0.6) is 5.75 Å². The second-order valence-electron chi connectivity index (χ2n) is 3.33. The predicted octanol–water partition coefficient (Wildman–Crippen LogP) is 2.74. The van der Waals surface area contributed by atoms with Crippen LogP contribution in [0.15, 0.2) is 28.8 Å². The van der Waals surface area contributed by atoms with E-state index >= 15 is 0 Å². The summed E-state index contributed by atoms with van der Waals surface area (Å²) in [7, 11) is 0. The molecule has 0 amide bonds. The first-order valence-corrected chi connectivity index (χ1v) is 4.86. The lowest BCUT2D eigenvalue weighted by Gasteiger charge is -2.06. The van der Waals surface area contributed by atoms with Crippen molar-refractivity contribution >= 4 is 0 Å². The number of hydrogen-bond acceptors (Lipinski definition) is 4. The van der Waals surface area contributed by atoms with Crippen LogP contribution >= 0.6 is 0 Å². The van der Waals surface area contributed by atoms with Gasteiger partial charge in [0.15, 0.2) is 5.82 Å². The van der Waals surface area contributed by atoms with Gasteiger partial charge in [-0.25, -0.2) is 4.39 Å². The molecule has 0 saturated heterocycles. The van der Waals surface area contributed by atoms with Crippen molar-refractivity contribution in [3.8, 4) is 17.2 Å². The fraction of sp³-hybridized carbons (Fsp3) is 0.273. The van der Waals surface area contributed by atoms with Gasteiger partial charge in [0.05, 0.1) is 0 Å². The maximum absolute atomic E-state index is 12.6. The Bertz CT molecular complexity index is 465. The highest BCUT2D eigenvalue weighted by molar-refractivity contribution is 5.54. The Hall–Kier alpha value is -1.91. The summed E-state index contributed by atoms with van der Waals surface area (Å²) in [6.07, 6.45) is -1.32. The molecule has 0 fully saturated rings. The van der Waals surface area contributed by atoms with E-state index < -0.39 is 6.36 Å². The molecule has 0 saturated carbocycles. The highest BCUT2D eigenvalue weighted by atomic mass is 19.1. The van der Waals surface area contributed by atoms with E-state index in [1.54, 1.807) is 31.2 Å². The molecule has 84 valence electrons. The molecule has 0 aliphatic rings. The molecule has 0 aliphatic carbocycles. The van der Waals surface area contributed by atoms with Crippen LogP contribution in [-0.2, 0) is 0 Å². The number of nitrogens with zero attached hydrogens (tertiary/aromatic N) is 2. The number of alkyl halides is 1. The lowest BCUT2D eigenvalue weighted by Crippen LogP contribution is -2.03. The van der Waals surface area contributed by atoms with Gasteiger partial charge in [0.1, 0.15) is 5.75 Å². The molecule has 1 atom stereocenters. The van der Waals surface area contributed by atoms with Gasteiger partial charge < -0.3 is 9.26 Å². The highest BCUT2D eigenvalue weighted by Gasteiger charge is 2.06. The number of rotatable bonds is 3. The van der Waals surface area contributed by atoms with Gasteiger partial charge in [0.25, 0.3) is 5.89 Å². The summed E-state index contributed by atoms with van der Waals surface area (Å²) in [5, 5.41) is 3.69. The standard InChI is InChI=1S/C11H11FN2O2/c1-7(12)15-10-5-3-9(4-6-10)11-13-8(2)14-16-11/h3-7H,1-2H3. The second kappa shape index (κ2) is 4.30. The maximum atomic E-state index is 12.6. The Morgan fingerprint density at radius 2 is 2.00 bits per heavy atom. The van der Waals surface area contributed by atoms with Gasteiger partial charge in [-0.15, -0.1) is 0 Å². The van der Waals surface area contributed by atoms with E-state index in [2.05, 4.69) is 10.1 Å². The third kappa shape index (κ3) is 2.36. The third-order valence-electron chi connectivity index (χ3n) is 1.93. The molecule has 1 heterocycles. The largest absolute Gasteiger partial charge is 0.461 e. The van der Waals surface area contributed by atoms with Gasteiger partial charge in [0, 0.05) is 12.5 Å². The van der Waals surface area contributed by atoms with E-state index in [0.29, 0.717) is 17.5 Å². The fourth-order valence-corrected chi connectivity index (χ4v) is 1.28. The minimum Gasteiger partial charge on any atom is -0.461 e. The van der Waals surface area contributed by atoms with Crippen molar-refractivity contribution in [1.82, 2.24) is 10.1 Å². The minimum atomic E-state index is -1.32. The van der Waals surface area contributed by atoms with Crippen LogP contribution in [0.25, 0.3) is 11.5 Å². The molecule has 5 heteroatoms. The summed E-state index contributed by atoms with van der Waals surface area (Å²) in [5.74, 6) is 1.49. The van der Waals surface area contributed by atoms with Crippen LogP contribution in [0.2, 0.25) is 0 Å². The van der Waals surface area contributed by atoms with Gasteiger partial charge in [0.2, 0.25) is 6.36 Å². The van der Waals surface area contributed by atoms with Crippen LogP contribution in [-0.4, -0.2) is 16.5 Å². The van der Waals surface area contributed by atoms with E-state index in [9.17, 15) is 4.39 Å². The zero-order valence-corrected chi connectivity index (χ0v) is 8.98. The molecule has 2 aromatic rings.